The molecule has 11 nitrogen and oxygen atoms in total. The van der Waals surface area contributed by atoms with Gasteiger partial charge in [-0.1, -0.05) is 64.3 Å². The first kappa shape index (κ1) is 45.4. The average molecular weight is 794 g/mol. The van der Waals surface area contributed by atoms with Crippen molar-refractivity contribution in [3.05, 3.63) is 64.5 Å². The van der Waals surface area contributed by atoms with Crippen LogP contribution in [0.1, 0.15) is 116 Å². The maximum atomic E-state index is 15.1. The Hall–Kier alpha value is -5.31. The number of benzene rings is 1. The molecule has 2 atom stereocenters. The number of carbonyl (C=O) groups is 1. The van der Waals surface area contributed by atoms with Gasteiger partial charge < -0.3 is 25.6 Å². The number of aromatic nitrogens is 2. The minimum absolute atomic E-state index is 0.0675. The van der Waals surface area contributed by atoms with Crippen LogP contribution in [0.15, 0.2) is 52.1 Å². The molecule has 0 fully saturated rings. The van der Waals surface area contributed by atoms with Crippen molar-refractivity contribution >= 4 is 51.6 Å². The third-order valence-corrected chi connectivity index (χ3v) is 10.6. The largest absolute Gasteiger partial charge is 0.463 e. The van der Waals surface area contributed by atoms with Crippen LogP contribution in [0, 0.1) is 16.7 Å². The molecule has 312 valence electrons. The molecule has 2 aromatic rings. The Bertz CT molecular complexity index is 2020. The number of nitrogens with two attached hydrogens (primary N) is 1. The average Bonchev–Trinajstić information content (AvgIpc) is 3.45. The van der Waals surface area contributed by atoms with Crippen LogP contribution in [0.5, 0.6) is 6.01 Å². The molecule has 2 heterocycles. The number of hydrogen-bond acceptors (Lipinski definition) is 10. The van der Waals surface area contributed by atoms with Gasteiger partial charge in [-0.15, -0.1) is 0 Å². The summed E-state index contributed by atoms with van der Waals surface area (Å²) < 4.78 is 21.7. The molecule has 1 amide bonds. The molecule has 1 aromatic heterocycles. The quantitative estimate of drug-likeness (QED) is 0.0918. The van der Waals surface area contributed by atoms with Crippen molar-refractivity contribution < 1.29 is 13.9 Å². The van der Waals surface area contributed by atoms with Crippen LogP contribution in [0.25, 0.3) is 22.8 Å². The van der Waals surface area contributed by atoms with Gasteiger partial charge in [0.25, 0.3) is 5.91 Å². The number of rotatable bonds is 17. The zero-order valence-corrected chi connectivity index (χ0v) is 36.4. The molecule has 2 unspecified atom stereocenters. The number of carbonyl (C=O) groups excluding carboxylic acids is 1. The standard InChI is InChI=1S/C46H64FN9O2/c1-11-15-16-21-46(7,26-32(47)13-3)29-58-45-53-39-25-36(35-19-17-20-38(50-8)40(35)31(12-2)27-48)42(52-30(5)6)34(14-4)41(39)43(54-45)56-23-18-22-51-33(28-56)24-37(49)44(57)55(9)10/h12,14,17,19-20,24-25,30,32,50H,11,13,15-16,18,21-23,26,28-29,49H2,1-10H3/b31-12-,34-14-,37-24-,52-42?. The van der Waals surface area contributed by atoms with Gasteiger partial charge in [0.1, 0.15) is 12.0 Å². The minimum atomic E-state index is -0.940. The summed E-state index contributed by atoms with van der Waals surface area (Å²) in [4.78, 5) is 36.7. The van der Waals surface area contributed by atoms with Crippen LogP contribution in [-0.2, 0) is 4.79 Å². The molecule has 1 aliphatic heterocycles. The van der Waals surface area contributed by atoms with E-state index in [4.69, 9.17) is 30.4 Å². The second-order valence-corrected chi connectivity index (χ2v) is 15.9. The number of aliphatic imine (C=N–C) groups is 2. The van der Waals surface area contributed by atoms with Crippen molar-refractivity contribution in [2.75, 3.05) is 57.6 Å². The van der Waals surface area contributed by atoms with E-state index in [2.05, 4.69) is 30.1 Å². The van der Waals surface area contributed by atoms with E-state index in [1.54, 1.807) is 20.2 Å². The fraction of sp³-hybridized carbons (Fsp3) is 0.522. The number of likely N-dealkylation sites (N-methyl/N-ethyl adjacent to an activating group) is 1. The first-order chi connectivity index (χ1) is 27.7. The Morgan fingerprint density at radius 3 is 2.60 bits per heavy atom. The predicted octanol–water partition coefficient (Wildman–Crippen LogP) is 8.94. The van der Waals surface area contributed by atoms with Crippen molar-refractivity contribution in [3.63, 3.8) is 0 Å². The lowest BCUT2D eigenvalue weighted by molar-refractivity contribution is -0.124. The van der Waals surface area contributed by atoms with E-state index in [1.165, 1.54) is 4.90 Å². The van der Waals surface area contributed by atoms with Crippen LogP contribution < -0.4 is 20.7 Å². The molecule has 1 aliphatic carbocycles. The van der Waals surface area contributed by atoms with Crippen LogP contribution in [0.4, 0.5) is 15.9 Å². The lowest BCUT2D eigenvalue weighted by atomic mass is 9.80. The van der Waals surface area contributed by atoms with Gasteiger partial charge in [0.15, 0.2) is 0 Å². The summed E-state index contributed by atoms with van der Waals surface area (Å²) in [7, 11) is 5.18. The number of alkyl halides is 1. The first-order valence-electron chi connectivity index (χ1n) is 20.7. The normalized spacial score (nSPS) is 17.9. The summed E-state index contributed by atoms with van der Waals surface area (Å²) in [6.07, 6.45) is 12.1. The predicted molar refractivity (Wildman–Crippen MR) is 239 cm³/mol. The van der Waals surface area contributed by atoms with E-state index in [-0.39, 0.29) is 30.3 Å². The lowest BCUT2D eigenvalue weighted by Gasteiger charge is -2.32. The Labute approximate surface area is 345 Å². The van der Waals surface area contributed by atoms with Crippen LogP contribution in [0.2, 0.25) is 0 Å². The van der Waals surface area contributed by atoms with Gasteiger partial charge >= 0.3 is 6.01 Å². The highest BCUT2D eigenvalue weighted by atomic mass is 19.1. The van der Waals surface area contributed by atoms with Crippen molar-refractivity contribution in [3.8, 4) is 12.1 Å². The fourth-order valence-corrected chi connectivity index (χ4v) is 7.53. The fourth-order valence-electron chi connectivity index (χ4n) is 7.53. The Morgan fingerprint density at radius 1 is 1.22 bits per heavy atom. The van der Waals surface area contributed by atoms with E-state index in [0.717, 1.165) is 71.3 Å². The van der Waals surface area contributed by atoms with Gasteiger partial charge in [0, 0.05) is 68.1 Å². The number of halogens is 1. The zero-order valence-electron chi connectivity index (χ0n) is 36.4. The summed E-state index contributed by atoms with van der Waals surface area (Å²) in [5, 5.41) is 13.6. The van der Waals surface area contributed by atoms with Crippen LogP contribution >= 0.6 is 0 Å². The van der Waals surface area contributed by atoms with Crippen LogP contribution in [0.3, 0.4) is 0 Å². The smallest absolute Gasteiger partial charge is 0.318 e. The van der Waals surface area contributed by atoms with E-state index >= 15 is 4.39 Å². The molecule has 0 bridgehead atoms. The lowest BCUT2D eigenvalue weighted by Crippen LogP contribution is -2.33. The number of nitrogens with zero attached hydrogens (tertiary/aromatic N) is 7. The summed E-state index contributed by atoms with van der Waals surface area (Å²) in [5.41, 5.74) is 13.4. The summed E-state index contributed by atoms with van der Waals surface area (Å²) in [6, 6.07) is 8.47. The first-order valence-corrected chi connectivity index (χ1v) is 20.7. The second kappa shape index (κ2) is 20.9. The maximum Gasteiger partial charge on any atom is 0.318 e. The number of nitrogens with one attached hydrogen (secondary N) is 1. The molecule has 0 saturated heterocycles. The number of hydrogen-bond donors (Lipinski definition) is 2. The number of amides is 1. The van der Waals surface area contributed by atoms with Crippen molar-refractivity contribution in [1.29, 1.82) is 5.26 Å². The Morgan fingerprint density at radius 2 is 1.98 bits per heavy atom. The number of nitriles is 1. The number of unbranched alkanes of at least 4 members (excludes halogenated alkanes) is 2. The molecule has 3 N–H and O–H groups in total. The molecule has 4 rings (SSSR count). The topological polar surface area (TPSA) is 145 Å². The van der Waals surface area contributed by atoms with Gasteiger partial charge in [-0.3, -0.25) is 14.8 Å². The van der Waals surface area contributed by atoms with E-state index in [1.807, 2.05) is 78.1 Å². The van der Waals surface area contributed by atoms with Crippen LogP contribution in [-0.4, -0.2) is 91.8 Å². The number of allylic oxidation sites excluding steroid dienone is 5. The molecule has 12 heteroatoms. The Balaban J connectivity index is 2.02. The number of anilines is 2. The summed E-state index contributed by atoms with van der Waals surface area (Å²) in [5.74, 6) is 0.345. The van der Waals surface area contributed by atoms with Gasteiger partial charge in [-0.25, -0.2) is 4.39 Å². The highest BCUT2D eigenvalue weighted by Crippen LogP contribution is 2.44. The van der Waals surface area contributed by atoms with E-state index < -0.39 is 11.6 Å². The third kappa shape index (κ3) is 11.0. The molecule has 0 radical (unpaired) electrons. The molecular formula is C46H64FN9O2. The highest BCUT2D eigenvalue weighted by Gasteiger charge is 2.34. The second-order valence-electron chi connectivity index (χ2n) is 15.9. The maximum absolute atomic E-state index is 15.1. The number of fused-ring (bicyclic) bond motifs is 1. The minimum Gasteiger partial charge on any atom is -0.463 e. The molecule has 0 spiro atoms. The van der Waals surface area contributed by atoms with Gasteiger partial charge in [0.2, 0.25) is 0 Å². The van der Waals surface area contributed by atoms with E-state index in [9.17, 15) is 10.1 Å². The molecule has 58 heavy (non-hydrogen) atoms. The highest BCUT2D eigenvalue weighted by molar-refractivity contribution is 6.50. The van der Waals surface area contributed by atoms with Crippen molar-refractivity contribution in [1.82, 2.24) is 14.9 Å². The van der Waals surface area contributed by atoms with Gasteiger partial charge in [0.05, 0.1) is 53.2 Å². The molecule has 0 saturated carbocycles. The van der Waals surface area contributed by atoms with Crippen molar-refractivity contribution in [2.45, 2.75) is 106 Å². The Kier molecular flexibility index (Phi) is 16.4. The number of ether oxygens (including phenoxy) is 1. The van der Waals surface area contributed by atoms with Gasteiger partial charge in [-0.05, 0) is 77.2 Å². The molecular weight excluding hydrogens is 730 g/mol. The third-order valence-electron chi connectivity index (χ3n) is 10.6. The molecule has 2 aliphatic rings. The SMILES string of the molecule is C/C=C1\C(=NC(C)C)C(c2cccc(NC)c2/C(C#N)=C\C)=Cc2nc(OCC(C)(CCCCC)CC(F)CC)nc(N3CCCN=C(/C=C(\N)C(=O)N(C)C)C3)c21. The zero-order chi connectivity index (χ0) is 42.6. The van der Waals surface area contributed by atoms with Crippen molar-refractivity contribution in [2.24, 2.45) is 21.1 Å². The van der Waals surface area contributed by atoms with E-state index in [0.29, 0.717) is 55.3 Å². The van der Waals surface area contributed by atoms with Gasteiger partial charge in [-0.2, -0.15) is 15.2 Å². The monoisotopic (exact) mass is 794 g/mol. The molecule has 1 aromatic carbocycles. The summed E-state index contributed by atoms with van der Waals surface area (Å²) >= 11 is 0. The summed E-state index contributed by atoms with van der Waals surface area (Å²) in [6.45, 7) is 15.8.